The largest absolute Gasteiger partial charge is 0.356 e. The van der Waals surface area contributed by atoms with Crippen LogP contribution in [0.2, 0.25) is 0 Å². The van der Waals surface area contributed by atoms with Gasteiger partial charge in [-0.2, -0.15) is 0 Å². The molecule has 1 amide bonds. The third kappa shape index (κ3) is 2.22. The second-order valence-corrected chi connectivity index (χ2v) is 3.77. The van der Waals surface area contributed by atoms with E-state index in [1.165, 1.54) is 5.39 Å². The fourth-order valence-electron chi connectivity index (χ4n) is 1.88. The van der Waals surface area contributed by atoms with E-state index in [4.69, 9.17) is 0 Å². The molecule has 0 atom stereocenters. The van der Waals surface area contributed by atoms with E-state index < -0.39 is 0 Å². The predicted molar refractivity (Wildman–Crippen MR) is 66.3 cm³/mol. The first-order valence-corrected chi connectivity index (χ1v) is 5.54. The molecule has 0 aliphatic heterocycles. The summed E-state index contributed by atoms with van der Waals surface area (Å²) >= 11 is 0. The molecule has 2 rings (SSSR count). The molecule has 2 aromatic rings. The smallest absolute Gasteiger partial charge is 0.224 e. The first kappa shape index (κ1) is 10.7. The molecular weight excluding hydrogens is 198 g/mol. The number of carbonyl (C=O) groups is 1. The van der Waals surface area contributed by atoms with Gasteiger partial charge < -0.3 is 5.32 Å². The molecule has 0 aliphatic rings. The van der Waals surface area contributed by atoms with Gasteiger partial charge in [0.25, 0.3) is 0 Å². The Hall–Kier alpha value is -1.83. The second kappa shape index (κ2) is 4.79. The standard InChI is InChI=1S/C14H15NO/c1-2-15-14(16)10-12-8-5-7-11-6-3-4-9-13(11)12/h3-9H,2,10H2,1H3,(H,15,16). The van der Waals surface area contributed by atoms with Crippen molar-refractivity contribution in [3.63, 3.8) is 0 Å². The van der Waals surface area contributed by atoms with E-state index in [1.807, 2.05) is 31.2 Å². The molecule has 82 valence electrons. The van der Waals surface area contributed by atoms with Crippen molar-refractivity contribution in [2.45, 2.75) is 13.3 Å². The summed E-state index contributed by atoms with van der Waals surface area (Å²) < 4.78 is 0. The summed E-state index contributed by atoms with van der Waals surface area (Å²) in [6.07, 6.45) is 0.454. The molecule has 0 aliphatic carbocycles. The Morgan fingerprint density at radius 3 is 2.69 bits per heavy atom. The van der Waals surface area contributed by atoms with Gasteiger partial charge in [-0.05, 0) is 23.3 Å². The van der Waals surface area contributed by atoms with E-state index >= 15 is 0 Å². The quantitative estimate of drug-likeness (QED) is 0.834. The summed E-state index contributed by atoms with van der Waals surface area (Å²) in [6, 6.07) is 14.2. The minimum absolute atomic E-state index is 0.0823. The van der Waals surface area contributed by atoms with E-state index in [9.17, 15) is 4.79 Å². The van der Waals surface area contributed by atoms with Gasteiger partial charge >= 0.3 is 0 Å². The van der Waals surface area contributed by atoms with Crippen LogP contribution < -0.4 is 5.32 Å². The molecule has 0 heterocycles. The predicted octanol–water partition coefficient (Wildman–Crippen LogP) is 2.52. The van der Waals surface area contributed by atoms with E-state index in [-0.39, 0.29) is 5.91 Å². The van der Waals surface area contributed by atoms with Gasteiger partial charge in [0.1, 0.15) is 0 Å². The maximum Gasteiger partial charge on any atom is 0.224 e. The average Bonchev–Trinajstić information content (AvgIpc) is 2.30. The highest BCUT2D eigenvalue weighted by Crippen LogP contribution is 2.18. The van der Waals surface area contributed by atoms with Gasteiger partial charge in [-0.15, -0.1) is 0 Å². The first-order valence-electron chi connectivity index (χ1n) is 5.54. The number of carbonyl (C=O) groups excluding carboxylic acids is 1. The van der Waals surface area contributed by atoms with Crippen LogP contribution in [0.25, 0.3) is 10.8 Å². The summed E-state index contributed by atoms with van der Waals surface area (Å²) in [6.45, 7) is 2.62. The molecule has 16 heavy (non-hydrogen) atoms. The van der Waals surface area contributed by atoms with Crippen molar-refractivity contribution in [1.82, 2.24) is 5.32 Å². The Bertz CT molecular complexity index is 500. The number of amides is 1. The van der Waals surface area contributed by atoms with Crippen molar-refractivity contribution in [3.05, 3.63) is 48.0 Å². The Labute approximate surface area is 95.3 Å². The lowest BCUT2D eigenvalue weighted by Crippen LogP contribution is -2.24. The van der Waals surface area contributed by atoms with Gasteiger partial charge in [-0.1, -0.05) is 42.5 Å². The third-order valence-corrected chi connectivity index (χ3v) is 2.60. The van der Waals surface area contributed by atoms with Crippen LogP contribution in [-0.2, 0) is 11.2 Å². The molecule has 0 aromatic heterocycles. The van der Waals surface area contributed by atoms with Gasteiger partial charge in [0.15, 0.2) is 0 Å². The van der Waals surface area contributed by atoms with Gasteiger partial charge in [-0.3, -0.25) is 4.79 Å². The number of rotatable bonds is 3. The molecule has 2 aromatic carbocycles. The number of benzene rings is 2. The molecule has 0 fully saturated rings. The van der Waals surface area contributed by atoms with Crippen molar-refractivity contribution in [2.24, 2.45) is 0 Å². The highest BCUT2D eigenvalue weighted by Gasteiger charge is 2.05. The van der Waals surface area contributed by atoms with Crippen LogP contribution in [0.4, 0.5) is 0 Å². The number of fused-ring (bicyclic) bond motifs is 1. The van der Waals surface area contributed by atoms with Crippen molar-refractivity contribution in [1.29, 1.82) is 0 Å². The first-order chi connectivity index (χ1) is 7.81. The molecule has 2 nitrogen and oxygen atoms in total. The summed E-state index contributed by atoms with van der Waals surface area (Å²) in [5.41, 5.74) is 1.09. The lowest BCUT2D eigenvalue weighted by atomic mass is 10.0. The summed E-state index contributed by atoms with van der Waals surface area (Å²) in [5.74, 6) is 0.0823. The molecule has 0 spiro atoms. The van der Waals surface area contributed by atoms with Crippen LogP contribution >= 0.6 is 0 Å². The highest BCUT2D eigenvalue weighted by molar-refractivity contribution is 5.90. The SMILES string of the molecule is CCNC(=O)Cc1cccc2ccccc12. The lowest BCUT2D eigenvalue weighted by Gasteiger charge is -2.06. The minimum atomic E-state index is 0.0823. The van der Waals surface area contributed by atoms with Crippen molar-refractivity contribution in [2.75, 3.05) is 6.54 Å². The zero-order valence-corrected chi connectivity index (χ0v) is 9.36. The van der Waals surface area contributed by atoms with Gasteiger partial charge in [0.2, 0.25) is 5.91 Å². The van der Waals surface area contributed by atoms with Crippen LogP contribution in [0.5, 0.6) is 0 Å². The molecule has 2 heteroatoms. The average molecular weight is 213 g/mol. The molecule has 0 saturated carbocycles. The molecule has 0 radical (unpaired) electrons. The lowest BCUT2D eigenvalue weighted by molar-refractivity contribution is -0.120. The molecular formula is C14H15NO. The van der Waals surface area contributed by atoms with E-state index in [0.29, 0.717) is 13.0 Å². The van der Waals surface area contributed by atoms with E-state index in [2.05, 4.69) is 23.5 Å². The van der Waals surface area contributed by atoms with Crippen LogP contribution in [0.15, 0.2) is 42.5 Å². The van der Waals surface area contributed by atoms with Gasteiger partial charge in [-0.25, -0.2) is 0 Å². The maximum absolute atomic E-state index is 11.5. The fourth-order valence-corrected chi connectivity index (χ4v) is 1.88. The monoisotopic (exact) mass is 213 g/mol. The topological polar surface area (TPSA) is 29.1 Å². The molecule has 0 unspecified atom stereocenters. The summed E-state index contributed by atoms with van der Waals surface area (Å²) in [4.78, 5) is 11.5. The molecule has 1 N–H and O–H groups in total. The summed E-state index contributed by atoms with van der Waals surface area (Å²) in [7, 11) is 0. The zero-order valence-electron chi connectivity index (χ0n) is 9.36. The van der Waals surface area contributed by atoms with Crippen LogP contribution in [0.3, 0.4) is 0 Å². The van der Waals surface area contributed by atoms with Gasteiger partial charge in [0.05, 0.1) is 6.42 Å². The van der Waals surface area contributed by atoms with Crippen molar-refractivity contribution >= 4 is 16.7 Å². The maximum atomic E-state index is 11.5. The molecule has 0 bridgehead atoms. The van der Waals surface area contributed by atoms with Crippen LogP contribution in [0.1, 0.15) is 12.5 Å². The second-order valence-electron chi connectivity index (χ2n) is 3.77. The van der Waals surface area contributed by atoms with Crippen LogP contribution in [-0.4, -0.2) is 12.5 Å². The van der Waals surface area contributed by atoms with Crippen LogP contribution in [0, 0.1) is 0 Å². The third-order valence-electron chi connectivity index (χ3n) is 2.60. The Balaban J connectivity index is 2.33. The fraction of sp³-hybridized carbons (Fsp3) is 0.214. The van der Waals surface area contributed by atoms with E-state index in [0.717, 1.165) is 10.9 Å². The van der Waals surface area contributed by atoms with Crippen molar-refractivity contribution < 1.29 is 4.79 Å². The van der Waals surface area contributed by atoms with Gasteiger partial charge in [0, 0.05) is 6.54 Å². The normalized spacial score (nSPS) is 10.3. The number of nitrogens with one attached hydrogen (secondary N) is 1. The molecule has 0 saturated heterocycles. The Morgan fingerprint density at radius 2 is 1.88 bits per heavy atom. The Kier molecular flexibility index (Phi) is 3.20. The van der Waals surface area contributed by atoms with E-state index in [1.54, 1.807) is 0 Å². The number of hydrogen-bond acceptors (Lipinski definition) is 1. The summed E-state index contributed by atoms with van der Waals surface area (Å²) in [5, 5.41) is 5.17. The zero-order chi connectivity index (χ0) is 11.4. The number of likely N-dealkylation sites (N-methyl/N-ethyl adjacent to an activating group) is 1. The van der Waals surface area contributed by atoms with Crippen molar-refractivity contribution in [3.8, 4) is 0 Å². The number of hydrogen-bond donors (Lipinski definition) is 1. The Morgan fingerprint density at radius 1 is 1.12 bits per heavy atom. The highest BCUT2D eigenvalue weighted by atomic mass is 16.1. The minimum Gasteiger partial charge on any atom is -0.356 e.